The summed E-state index contributed by atoms with van der Waals surface area (Å²) in [4.78, 5) is 25.6. The molecule has 4 nitrogen and oxygen atoms in total. The lowest BCUT2D eigenvalue weighted by Gasteiger charge is -2.28. The standard InChI is InChI=1S/C16H21NO3/c1-11(2)14(18)17-13(16(3,4)20-15(17)19)10-12-8-6-5-7-9-12/h5-9,11,13H,10H2,1-4H3. The molecule has 1 unspecified atom stereocenters. The van der Waals surface area contributed by atoms with E-state index in [1.54, 1.807) is 13.8 Å². The van der Waals surface area contributed by atoms with Crippen molar-refractivity contribution in [3.63, 3.8) is 0 Å². The molecule has 1 aromatic rings. The summed E-state index contributed by atoms with van der Waals surface area (Å²) in [5.74, 6) is -0.406. The van der Waals surface area contributed by atoms with Gasteiger partial charge in [-0.25, -0.2) is 9.69 Å². The third-order valence-electron chi connectivity index (χ3n) is 3.66. The molecule has 0 aliphatic carbocycles. The van der Waals surface area contributed by atoms with Gasteiger partial charge in [-0.1, -0.05) is 44.2 Å². The average molecular weight is 275 g/mol. The first-order valence-corrected chi connectivity index (χ1v) is 6.93. The Labute approximate surface area is 119 Å². The van der Waals surface area contributed by atoms with E-state index in [0.717, 1.165) is 5.56 Å². The molecule has 0 N–H and O–H groups in total. The number of cyclic esters (lactones) is 1. The van der Waals surface area contributed by atoms with E-state index in [9.17, 15) is 9.59 Å². The van der Waals surface area contributed by atoms with E-state index in [2.05, 4.69) is 0 Å². The zero-order valence-corrected chi connectivity index (χ0v) is 12.4. The minimum Gasteiger partial charge on any atom is -0.441 e. The molecule has 0 saturated carbocycles. The monoisotopic (exact) mass is 275 g/mol. The van der Waals surface area contributed by atoms with Gasteiger partial charge < -0.3 is 4.74 Å². The number of hydrogen-bond acceptors (Lipinski definition) is 3. The Hall–Kier alpha value is -1.84. The third kappa shape index (κ3) is 2.69. The summed E-state index contributed by atoms with van der Waals surface area (Å²) in [6.07, 6.45) is 0.0764. The molecule has 0 bridgehead atoms. The highest BCUT2D eigenvalue weighted by Crippen LogP contribution is 2.32. The molecule has 1 atom stereocenters. The van der Waals surface area contributed by atoms with Gasteiger partial charge in [-0.15, -0.1) is 0 Å². The molecule has 2 rings (SSSR count). The zero-order valence-electron chi connectivity index (χ0n) is 12.4. The number of hydrogen-bond donors (Lipinski definition) is 0. The molecule has 1 aromatic carbocycles. The van der Waals surface area contributed by atoms with Gasteiger partial charge in [0, 0.05) is 5.92 Å². The Kier molecular flexibility index (Phi) is 3.84. The van der Waals surface area contributed by atoms with Crippen molar-refractivity contribution in [3.8, 4) is 0 Å². The molecule has 108 valence electrons. The molecule has 2 amide bonds. The molecule has 4 heteroatoms. The average Bonchev–Trinajstić information content (AvgIpc) is 2.59. The van der Waals surface area contributed by atoms with Crippen molar-refractivity contribution in [2.75, 3.05) is 0 Å². The van der Waals surface area contributed by atoms with Crippen LogP contribution in [-0.2, 0) is 16.0 Å². The smallest absolute Gasteiger partial charge is 0.417 e. The Bertz CT molecular complexity index is 508. The van der Waals surface area contributed by atoms with Crippen LogP contribution in [-0.4, -0.2) is 28.5 Å². The highest BCUT2D eigenvalue weighted by atomic mass is 16.6. The minimum atomic E-state index is -0.669. The highest BCUT2D eigenvalue weighted by molar-refractivity contribution is 5.95. The van der Waals surface area contributed by atoms with Gasteiger partial charge in [-0.3, -0.25) is 4.79 Å². The van der Waals surface area contributed by atoms with Crippen LogP contribution < -0.4 is 0 Å². The van der Waals surface area contributed by atoms with Crippen LogP contribution >= 0.6 is 0 Å². The maximum absolute atomic E-state index is 12.3. The van der Waals surface area contributed by atoms with Crippen LogP contribution in [0.15, 0.2) is 30.3 Å². The first-order valence-electron chi connectivity index (χ1n) is 6.93. The lowest BCUT2D eigenvalue weighted by Crippen LogP contribution is -2.47. The van der Waals surface area contributed by atoms with Gasteiger partial charge in [0.1, 0.15) is 5.60 Å². The number of benzene rings is 1. The summed E-state index contributed by atoms with van der Waals surface area (Å²) in [7, 11) is 0. The van der Waals surface area contributed by atoms with Crippen molar-refractivity contribution in [3.05, 3.63) is 35.9 Å². The summed E-state index contributed by atoms with van der Waals surface area (Å²) in [5.41, 5.74) is 0.419. The van der Waals surface area contributed by atoms with E-state index in [-0.39, 0.29) is 17.9 Å². The van der Waals surface area contributed by atoms with E-state index in [4.69, 9.17) is 4.74 Å². The predicted octanol–water partition coefficient (Wildman–Crippen LogP) is 3.01. The van der Waals surface area contributed by atoms with Crippen LogP contribution in [0.4, 0.5) is 4.79 Å². The molecule has 0 spiro atoms. The molecule has 1 aliphatic heterocycles. The number of ether oxygens (including phenoxy) is 1. The van der Waals surface area contributed by atoms with E-state index in [1.807, 2.05) is 44.2 Å². The Morgan fingerprint density at radius 2 is 1.90 bits per heavy atom. The highest BCUT2D eigenvalue weighted by Gasteiger charge is 2.50. The van der Waals surface area contributed by atoms with Crippen LogP contribution in [0.1, 0.15) is 33.3 Å². The zero-order chi connectivity index (χ0) is 14.9. The Morgan fingerprint density at radius 1 is 1.30 bits per heavy atom. The Morgan fingerprint density at radius 3 is 2.45 bits per heavy atom. The molecular formula is C16H21NO3. The molecule has 0 radical (unpaired) electrons. The fourth-order valence-corrected chi connectivity index (χ4v) is 2.48. The van der Waals surface area contributed by atoms with Crippen LogP contribution in [0.2, 0.25) is 0 Å². The van der Waals surface area contributed by atoms with Crippen LogP contribution in [0.5, 0.6) is 0 Å². The Balaban J connectivity index is 2.30. The lowest BCUT2D eigenvalue weighted by molar-refractivity contribution is -0.132. The maximum atomic E-state index is 12.3. The molecule has 1 saturated heterocycles. The number of carbonyl (C=O) groups is 2. The van der Waals surface area contributed by atoms with E-state index >= 15 is 0 Å². The molecule has 0 aromatic heterocycles. The van der Waals surface area contributed by atoms with Gasteiger partial charge in [0.15, 0.2) is 0 Å². The molecular weight excluding hydrogens is 254 g/mol. The van der Waals surface area contributed by atoms with Crippen molar-refractivity contribution < 1.29 is 14.3 Å². The molecule has 20 heavy (non-hydrogen) atoms. The fraction of sp³-hybridized carbons (Fsp3) is 0.500. The lowest BCUT2D eigenvalue weighted by atomic mass is 9.91. The first-order chi connectivity index (χ1) is 9.33. The first kappa shape index (κ1) is 14.6. The quantitative estimate of drug-likeness (QED) is 0.852. The minimum absolute atomic E-state index is 0.179. The van der Waals surface area contributed by atoms with Crippen LogP contribution in [0.3, 0.4) is 0 Å². The number of imide groups is 1. The summed E-state index contributed by atoms with van der Waals surface area (Å²) in [6, 6.07) is 9.58. The largest absolute Gasteiger partial charge is 0.441 e. The maximum Gasteiger partial charge on any atom is 0.417 e. The van der Waals surface area contributed by atoms with Crippen molar-refractivity contribution in [1.82, 2.24) is 4.90 Å². The second-order valence-corrected chi connectivity index (χ2v) is 6.04. The number of nitrogens with zero attached hydrogens (tertiary/aromatic N) is 1. The summed E-state index contributed by atoms with van der Waals surface area (Å²) >= 11 is 0. The molecule has 1 fully saturated rings. The summed E-state index contributed by atoms with van der Waals surface area (Å²) in [6.45, 7) is 7.29. The predicted molar refractivity (Wildman–Crippen MR) is 76.2 cm³/mol. The third-order valence-corrected chi connectivity index (χ3v) is 3.66. The van der Waals surface area contributed by atoms with Gasteiger partial charge in [-0.2, -0.15) is 0 Å². The topological polar surface area (TPSA) is 46.6 Å². The van der Waals surface area contributed by atoms with E-state index in [0.29, 0.717) is 6.42 Å². The van der Waals surface area contributed by atoms with Gasteiger partial charge >= 0.3 is 6.09 Å². The van der Waals surface area contributed by atoms with Crippen LogP contribution in [0, 0.1) is 5.92 Å². The van der Waals surface area contributed by atoms with E-state index in [1.165, 1.54) is 4.90 Å². The van der Waals surface area contributed by atoms with Crippen LogP contribution in [0.25, 0.3) is 0 Å². The second kappa shape index (κ2) is 5.27. The van der Waals surface area contributed by atoms with Crippen molar-refractivity contribution in [2.45, 2.75) is 45.8 Å². The number of carbonyl (C=O) groups excluding carboxylic acids is 2. The van der Waals surface area contributed by atoms with E-state index < -0.39 is 11.7 Å². The SMILES string of the molecule is CC(C)C(=O)N1C(=O)OC(C)(C)C1Cc1ccccc1. The van der Waals surface area contributed by atoms with Crippen molar-refractivity contribution >= 4 is 12.0 Å². The summed E-state index contributed by atoms with van der Waals surface area (Å²) < 4.78 is 5.38. The van der Waals surface area contributed by atoms with Crippen molar-refractivity contribution in [2.24, 2.45) is 5.92 Å². The summed E-state index contributed by atoms with van der Waals surface area (Å²) in [5, 5.41) is 0. The molecule has 1 aliphatic rings. The van der Waals surface area contributed by atoms with Crippen molar-refractivity contribution in [1.29, 1.82) is 0 Å². The van der Waals surface area contributed by atoms with Gasteiger partial charge in [0.25, 0.3) is 0 Å². The van der Waals surface area contributed by atoms with Gasteiger partial charge in [0.2, 0.25) is 5.91 Å². The second-order valence-electron chi connectivity index (χ2n) is 6.04. The number of rotatable bonds is 3. The fourth-order valence-electron chi connectivity index (χ4n) is 2.48. The van der Waals surface area contributed by atoms with Gasteiger partial charge in [-0.05, 0) is 25.8 Å². The number of amides is 2. The molecule has 1 heterocycles. The normalized spacial score (nSPS) is 21.1. The van der Waals surface area contributed by atoms with Gasteiger partial charge in [0.05, 0.1) is 6.04 Å².